The van der Waals surface area contributed by atoms with Crippen LogP contribution in [-0.4, -0.2) is 29.3 Å². The summed E-state index contributed by atoms with van der Waals surface area (Å²) in [6, 6.07) is 5.60. The average molecular weight is 264 g/mol. The number of nitrogens with one attached hydrogen (secondary N) is 1. The first kappa shape index (κ1) is 14.1. The van der Waals surface area contributed by atoms with E-state index in [0.29, 0.717) is 11.8 Å². The summed E-state index contributed by atoms with van der Waals surface area (Å²) in [6.07, 6.45) is 2.11. The molecule has 0 aliphatic carbocycles. The Bertz CT molecular complexity index is 428. The number of hydrogen-bond donors (Lipinski definition) is 1. The smallest absolute Gasteiger partial charge is 0.216 e. The zero-order valence-corrected chi connectivity index (χ0v) is 12.5. The zero-order chi connectivity index (χ0) is 14.1. The Morgan fingerprint density at radius 1 is 1.11 bits per heavy atom. The summed E-state index contributed by atoms with van der Waals surface area (Å²) in [4.78, 5) is 4.32. The number of piperidine rings is 1. The Morgan fingerprint density at radius 2 is 1.68 bits per heavy atom. The lowest BCUT2D eigenvalue weighted by Crippen LogP contribution is -2.60. The van der Waals surface area contributed by atoms with Crippen LogP contribution in [0.15, 0.2) is 18.2 Å². The lowest BCUT2D eigenvalue weighted by molar-refractivity contribution is 0.0527. The molecule has 0 bridgehead atoms. The molecule has 0 spiro atoms. The summed E-state index contributed by atoms with van der Waals surface area (Å²) in [6.45, 7) is 8.85. The molecule has 106 valence electrons. The first-order valence-corrected chi connectivity index (χ1v) is 6.77. The molecule has 1 aromatic heterocycles. The molecule has 0 saturated carbocycles. The number of aromatic nitrogens is 1. The standard InChI is InChI=1S/C15H24N2O2/c1-14(2)9-11(10-15(3,4)17-14)19-13-8-6-7-12(16-13)18-5/h6-8,11,17H,9-10H2,1-5H3. The van der Waals surface area contributed by atoms with Crippen LogP contribution in [0.5, 0.6) is 11.8 Å². The number of methoxy groups -OCH3 is 1. The van der Waals surface area contributed by atoms with E-state index >= 15 is 0 Å². The van der Waals surface area contributed by atoms with E-state index in [9.17, 15) is 0 Å². The third-order valence-corrected chi connectivity index (χ3v) is 3.35. The minimum absolute atomic E-state index is 0.0747. The number of rotatable bonds is 3. The fraction of sp³-hybridized carbons (Fsp3) is 0.667. The molecule has 4 heteroatoms. The van der Waals surface area contributed by atoms with E-state index in [4.69, 9.17) is 9.47 Å². The molecule has 0 atom stereocenters. The molecule has 1 aromatic rings. The van der Waals surface area contributed by atoms with E-state index in [1.54, 1.807) is 7.11 Å². The highest BCUT2D eigenvalue weighted by Crippen LogP contribution is 2.31. The SMILES string of the molecule is COc1cccc(OC2CC(C)(C)NC(C)(C)C2)n1. The maximum atomic E-state index is 6.04. The largest absolute Gasteiger partial charge is 0.481 e. The van der Waals surface area contributed by atoms with Gasteiger partial charge in [0.05, 0.1) is 7.11 Å². The maximum Gasteiger partial charge on any atom is 0.216 e. The minimum Gasteiger partial charge on any atom is -0.481 e. The highest BCUT2D eigenvalue weighted by atomic mass is 16.5. The van der Waals surface area contributed by atoms with Crippen molar-refractivity contribution in [3.63, 3.8) is 0 Å². The molecule has 4 nitrogen and oxygen atoms in total. The van der Waals surface area contributed by atoms with Gasteiger partial charge < -0.3 is 14.8 Å². The molecule has 1 saturated heterocycles. The van der Waals surface area contributed by atoms with Crippen molar-refractivity contribution < 1.29 is 9.47 Å². The van der Waals surface area contributed by atoms with E-state index in [2.05, 4.69) is 38.0 Å². The van der Waals surface area contributed by atoms with E-state index in [1.165, 1.54) is 0 Å². The molecule has 1 aliphatic rings. The van der Waals surface area contributed by atoms with Crippen LogP contribution in [0, 0.1) is 0 Å². The molecular weight excluding hydrogens is 240 g/mol. The van der Waals surface area contributed by atoms with Crippen LogP contribution in [-0.2, 0) is 0 Å². The second kappa shape index (κ2) is 5.00. The van der Waals surface area contributed by atoms with Crippen LogP contribution < -0.4 is 14.8 Å². The summed E-state index contributed by atoms with van der Waals surface area (Å²) in [7, 11) is 1.61. The van der Waals surface area contributed by atoms with E-state index in [1.807, 2.05) is 18.2 Å². The Kier molecular flexibility index (Phi) is 3.72. The van der Waals surface area contributed by atoms with Gasteiger partial charge in [0.25, 0.3) is 0 Å². The van der Waals surface area contributed by atoms with Gasteiger partial charge >= 0.3 is 0 Å². The molecule has 1 N–H and O–H groups in total. The number of pyridine rings is 1. The van der Waals surface area contributed by atoms with Crippen LogP contribution in [0.1, 0.15) is 40.5 Å². The van der Waals surface area contributed by atoms with E-state index in [-0.39, 0.29) is 17.2 Å². The summed E-state index contributed by atoms with van der Waals surface area (Å²) in [5.41, 5.74) is 0.149. The second-order valence-corrected chi connectivity index (χ2v) is 6.56. The molecule has 19 heavy (non-hydrogen) atoms. The van der Waals surface area contributed by atoms with Crippen molar-refractivity contribution in [2.24, 2.45) is 0 Å². The van der Waals surface area contributed by atoms with Crippen molar-refractivity contribution in [3.05, 3.63) is 18.2 Å². The van der Waals surface area contributed by atoms with Gasteiger partial charge in [0.1, 0.15) is 6.10 Å². The molecule has 2 heterocycles. The van der Waals surface area contributed by atoms with Gasteiger partial charge in [-0.3, -0.25) is 0 Å². The maximum absolute atomic E-state index is 6.04. The number of ether oxygens (including phenoxy) is 2. The van der Waals surface area contributed by atoms with Gasteiger partial charge in [-0.25, -0.2) is 0 Å². The molecule has 2 rings (SSSR count). The highest BCUT2D eigenvalue weighted by Gasteiger charge is 2.38. The molecule has 1 fully saturated rings. The summed E-state index contributed by atoms with van der Waals surface area (Å²) < 4.78 is 11.2. The predicted octanol–water partition coefficient (Wildman–Crippen LogP) is 2.78. The quantitative estimate of drug-likeness (QED) is 0.911. The molecule has 0 aromatic carbocycles. The Balaban J connectivity index is 2.09. The van der Waals surface area contributed by atoms with Gasteiger partial charge in [0.2, 0.25) is 11.8 Å². The number of hydrogen-bond acceptors (Lipinski definition) is 4. The Labute approximate surface area is 115 Å². The zero-order valence-electron chi connectivity index (χ0n) is 12.5. The van der Waals surface area contributed by atoms with Gasteiger partial charge in [-0.1, -0.05) is 6.07 Å². The molecule has 0 unspecified atom stereocenters. The first-order valence-electron chi connectivity index (χ1n) is 6.77. The van der Waals surface area contributed by atoms with Crippen LogP contribution in [0.4, 0.5) is 0 Å². The minimum atomic E-state index is 0.0747. The normalized spacial score (nSPS) is 21.9. The van der Waals surface area contributed by atoms with Gasteiger partial charge in [-0.05, 0) is 27.7 Å². The third kappa shape index (κ3) is 3.83. The lowest BCUT2D eigenvalue weighted by atomic mass is 9.81. The summed E-state index contributed by atoms with van der Waals surface area (Å²) in [5.74, 6) is 1.22. The molecule has 0 amide bonds. The lowest BCUT2D eigenvalue weighted by Gasteiger charge is -2.46. The fourth-order valence-corrected chi connectivity index (χ4v) is 3.06. The first-order chi connectivity index (χ1) is 8.80. The van der Waals surface area contributed by atoms with Crippen LogP contribution in [0.3, 0.4) is 0 Å². The van der Waals surface area contributed by atoms with Crippen LogP contribution in [0.2, 0.25) is 0 Å². The van der Waals surface area contributed by atoms with Gasteiger partial charge in [0.15, 0.2) is 0 Å². The van der Waals surface area contributed by atoms with Gasteiger partial charge in [-0.2, -0.15) is 4.98 Å². The number of nitrogens with zero attached hydrogens (tertiary/aromatic N) is 1. The van der Waals surface area contributed by atoms with Crippen LogP contribution >= 0.6 is 0 Å². The van der Waals surface area contributed by atoms with Crippen molar-refractivity contribution in [2.75, 3.05) is 7.11 Å². The van der Waals surface area contributed by atoms with Crippen molar-refractivity contribution in [2.45, 2.75) is 57.7 Å². The molecule has 0 radical (unpaired) electrons. The van der Waals surface area contributed by atoms with Gasteiger partial charge in [0, 0.05) is 36.1 Å². The van der Waals surface area contributed by atoms with Gasteiger partial charge in [-0.15, -0.1) is 0 Å². The predicted molar refractivity (Wildman–Crippen MR) is 75.7 cm³/mol. The molecular formula is C15H24N2O2. The summed E-state index contributed by atoms with van der Waals surface area (Å²) in [5, 5.41) is 3.65. The van der Waals surface area contributed by atoms with E-state index < -0.39 is 0 Å². The van der Waals surface area contributed by atoms with Crippen LogP contribution in [0.25, 0.3) is 0 Å². The average Bonchev–Trinajstić information content (AvgIpc) is 2.24. The third-order valence-electron chi connectivity index (χ3n) is 3.35. The monoisotopic (exact) mass is 264 g/mol. The Hall–Kier alpha value is -1.29. The van der Waals surface area contributed by atoms with Crippen molar-refractivity contribution in [1.29, 1.82) is 0 Å². The fourth-order valence-electron chi connectivity index (χ4n) is 3.06. The van der Waals surface area contributed by atoms with Crippen molar-refractivity contribution in [3.8, 4) is 11.8 Å². The highest BCUT2D eigenvalue weighted by molar-refractivity contribution is 5.20. The topological polar surface area (TPSA) is 43.4 Å². The molecule has 1 aliphatic heterocycles. The summed E-state index contributed by atoms with van der Waals surface area (Å²) >= 11 is 0. The van der Waals surface area contributed by atoms with E-state index in [0.717, 1.165) is 12.8 Å². The Morgan fingerprint density at radius 3 is 2.26 bits per heavy atom. The van der Waals surface area contributed by atoms with Crippen molar-refractivity contribution >= 4 is 0 Å². The second-order valence-electron chi connectivity index (χ2n) is 6.56. The van der Waals surface area contributed by atoms with Crippen molar-refractivity contribution in [1.82, 2.24) is 10.3 Å².